The Morgan fingerprint density at radius 1 is 0.392 bits per heavy atom. The molecule has 0 fully saturated rings. The highest BCUT2D eigenvalue weighted by Gasteiger charge is 2.28. The Morgan fingerprint density at radius 2 is 0.703 bits per heavy atom. The molecule has 0 aliphatic rings. The van der Waals surface area contributed by atoms with Crippen LogP contribution >= 0.6 is 7.82 Å². The molecule has 0 aromatic carbocycles. The quantitative estimate of drug-likeness (QED) is 0.0197. The molecular weight excluding hydrogens is 952 g/mol. The summed E-state index contributed by atoms with van der Waals surface area (Å²) in [6, 6.07) is 0. The summed E-state index contributed by atoms with van der Waals surface area (Å²) < 4.78 is 39.5. The van der Waals surface area contributed by atoms with Gasteiger partial charge in [0.2, 0.25) is 0 Å². The molecule has 11 nitrogen and oxygen atoms in total. The van der Waals surface area contributed by atoms with Crippen molar-refractivity contribution in [3.63, 3.8) is 0 Å². The Bertz CT molecular complexity index is 1520. The number of carbonyl (C=O) groups excluding carboxylic acids is 3. The van der Waals surface area contributed by atoms with E-state index in [1.165, 1.54) is 96.3 Å². The molecule has 2 N–H and O–H groups in total. The summed E-state index contributed by atoms with van der Waals surface area (Å²) in [5, 5.41) is 9.80. The molecule has 0 heterocycles. The molecule has 3 unspecified atom stereocenters. The second kappa shape index (κ2) is 56.1. The fourth-order valence-electron chi connectivity index (χ4n) is 8.15. The van der Waals surface area contributed by atoms with Gasteiger partial charge in [-0.25, -0.2) is 4.57 Å². The summed E-state index contributed by atoms with van der Waals surface area (Å²) in [5.74, 6) is -1.51. The van der Waals surface area contributed by atoms with Crippen molar-refractivity contribution in [3.8, 4) is 0 Å². The number of hydrogen-bond donors (Lipinski definition) is 2. The van der Waals surface area contributed by atoms with Crippen LogP contribution in [0.3, 0.4) is 0 Å². The van der Waals surface area contributed by atoms with Gasteiger partial charge in [0.25, 0.3) is 0 Å². The van der Waals surface area contributed by atoms with E-state index in [-0.39, 0.29) is 25.9 Å². The first kappa shape index (κ1) is 70.9. The minimum absolute atomic E-state index is 0.139. The third-order valence-electron chi connectivity index (χ3n) is 12.6. The smallest absolute Gasteiger partial charge is 0.462 e. The highest BCUT2D eigenvalue weighted by atomic mass is 31.2. The van der Waals surface area contributed by atoms with Crippen LogP contribution in [0.1, 0.15) is 265 Å². The number of phosphoric acid groups is 1. The van der Waals surface area contributed by atoms with Gasteiger partial charge < -0.3 is 24.2 Å². The predicted octanol–water partition coefficient (Wildman–Crippen LogP) is 17.7. The van der Waals surface area contributed by atoms with E-state index >= 15 is 0 Å². The topological polar surface area (TPSA) is 155 Å². The van der Waals surface area contributed by atoms with Crippen LogP contribution < -0.4 is 0 Å². The van der Waals surface area contributed by atoms with Crippen LogP contribution in [0.4, 0.5) is 0 Å². The number of esters is 3. The van der Waals surface area contributed by atoms with E-state index in [4.69, 9.17) is 23.3 Å². The average molecular weight is 1060 g/mol. The molecule has 0 aliphatic heterocycles. The summed E-state index contributed by atoms with van der Waals surface area (Å²) in [7, 11) is -4.76. The van der Waals surface area contributed by atoms with Gasteiger partial charge in [-0.1, -0.05) is 235 Å². The molecule has 0 amide bonds. The van der Waals surface area contributed by atoms with Crippen LogP contribution in [0.2, 0.25) is 0 Å². The van der Waals surface area contributed by atoms with E-state index in [0.717, 1.165) is 109 Å². The zero-order chi connectivity index (χ0) is 54.1. The number of carbonyl (C=O) groups is 3. The Labute approximate surface area is 452 Å². The second-order valence-corrected chi connectivity index (χ2v) is 21.2. The maximum absolute atomic E-state index is 12.9. The van der Waals surface area contributed by atoms with Gasteiger partial charge in [0.05, 0.1) is 19.8 Å². The maximum atomic E-state index is 12.9. The van der Waals surface area contributed by atoms with Crippen LogP contribution in [0, 0.1) is 0 Å². The number of ether oxygens (including phenoxy) is 3. The second-order valence-electron chi connectivity index (χ2n) is 19.8. The van der Waals surface area contributed by atoms with Gasteiger partial charge in [0, 0.05) is 19.3 Å². The molecule has 0 aromatic rings. The maximum Gasteiger partial charge on any atom is 0.472 e. The standard InChI is InChI=1S/C62H109O11P/c1-4-7-10-13-16-19-22-25-27-28-29-30-32-34-36-39-42-45-48-51-60(64)69-55-59(73-62(66)53-50-47-44-41-38-35-31-26-23-20-17-14-11-8-5-2)57-71-74(67,68)70-56-58(54-63)72-61(65)52-49-46-43-40-37-33-24-21-18-15-12-9-6-3/h8-9,11-12,17-18,20-21,26,31,33,37,58-59,63H,4-7,10,13-16,19,22-25,27-30,32,34-36,38-57H2,1-3H3,(H,67,68)/b11-8-,12-9-,20-17-,21-18-,31-26-,37-33-. The predicted molar refractivity (Wildman–Crippen MR) is 307 cm³/mol. The third kappa shape index (κ3) is 53.7. The number of hydrogen-bond acceptors (Lipinski definition) is 10. The van der Waals surface area contributed by atoms with Crippen molar-refractivity contribution in [2.24, 2.45) is 0 Å². The number of rotatable bonds is 55. The van der Waals surface area contributed by atoms with Crippen molar-refractivity contribution in [2.45, 2.75) is 277 Å². The van der Waals surface area contributed by atoms with Crippen molar-refractivity contribution in [1.29, 1.82) is 0 Å². The largest absolute Gasteiger partial charge is 0.472 e. The van der Waals surface area contributed by atoms with Crippen LogP contribution in [0.5, 0.6) is 0 Å². The minimum Gasteiger partial charge on any atom is -0.462 e. The average Bonchev–Trinajstić information content (AvgIpc) is 3.39. The molecule has 0 bridgehead atoms. The Morgan fingerprint density at radius 3 is 1.09 bits per heavy atom. The van der Waals surface area contributed by atoms with Gasteiger partial charge in [-0.15, -0.1) is 0 Å². The molecule has 0 rings (SSSR count). The molecule has 3 atom stereocenters. The van der Waals surface area contributed by atoms with Gasteiger partial charge >= 0.3 is 25.7 Å². The number of allylic oxidation sites excluding steroid dienone is 12. The molecule has 0 saturated carbocycles. The van der Waals surface area contributed by atoms with Gasteiger partial charge in [-0.05, 0) is 83.5 Å². The van der Waals surface area contributed by atoms with Gasteiger partial charge in [0.15, 0.2) is 6.10 Å². The number of aliphatic hydroxyl groups is 1. The number of unbranched alkanes of at least 4 members (excludes halogenated alkanes) is 26. The monoisotopic (exact) mass is 1060 g/mol. The Kier molecular flexibility index (Phi) is 53.8. The number of aliphatic hydroxyl groups excluding tert-OH is 1. The highest BCUT2D eigenvalue weighted by Crippen LogP contribution is 2.43. The normalized spacial score (nSPS) is 13.9. The summed E-state index contributed by atoms with van der Waals surface area (Å²) in [5.41, 5.74) is 0. The van der Waals surface area contributed by atoms with Crippen molar-refractivity contribution >= 4 is 25.7 Å². The summed E-state index contributed by atoms with van der Waals surface area (Å²) in [6.07, 6.45) is 63.0. The van der Waals surface area contributed by atoms with Gasteiger partial charge in [0.1, 0.15) is 12.7 Å². The molecule has 0 aliphatic carbocycles. The fourth-order valence-corrected chi connectivity index (χ4v) is 8.93. The first-order valence-corrected chi connectivity index (χ1v) is 31.3. The van der Waals surface area contributed by atoms with E-state index in [1.54, 1.807) is 0 Å². The van der Waals surface area contributed by atoms with Crippen molar-refractivity contribution in [2.75, 3.05) is 26.4 Å². The fraction of sp³-hybridized carbons (Fsp3) is 0.758. The van der Waals surface area contributed by atoms with Crippen LogP contribution in [0.15, 0.2) is 72.9 Å². The zero-order valence-electron chi connectivity index (χ0n) is 47.3. The van der Waals surface area contributed by atoms with Crippen molar-refractivity contribution in [3.05, 3.63) is 72.9 Å². The molecule has 74 heavy (non-hydrogen) atoms. The van der Waals surface area contributed by atoms with Crippen LogP contribution in [-0.4, -0.2) is 66.5 Å². The third-order valence-corrected chi connectivity index (χ3v) is 13.6. The zero-order valence-corrected chi connectivity index (χ0v) is 48.2. The number of phosphoric ester groups is 1. The lowest BCUT2D eigenvalue weighted by Crippen LogP contribution is -2.30. The van der Waals surface area contributed by atoms with E-state index < -0.39 is 57.8 Å². The molecular formula is C62H109O11P. The molecule has 0 saturated heterocycles. The van der Waals surface area contributed by atoms with Gasteiger partial charge in [-0.2, -0.15) is 0 Å². The van der Waals surface area contributed by atoms with E-state index in [0.29, 0.717) is 19.3 Å². The van der Waals surface area contributed by atoms with Crippen LogP contribution in [0.25, 0.3) is 0 Å². The lowest BCUT2D eigenvalue weighted by atomic mass is 10.0. The van der Waals surface area contributed by atoms with E-state index in [1.807, 2.05) is 0 Å². The Balaban J connectivity index is 4.72. The van der Waals surface area contributed by atoms with E-state index in [9.17, 15) is 28.9 Å². The summed E-state index contributed by atoms with van der Waals surface area (Å²) >= 11 is 0. The molecule has 0 spiro atoms. The van der Waals surface area contributed by atoms with Gasteiger partial charge in [-0.3, -0.25) is 23.4 Å². The SMILES string of the molecule is CC/C=C\C/C=C\C/C=C\CCCCCCCC(=O)OC(COC(=O)CCCCCCCCCCCCCCCCCCCCC)COP(=O)(O)OCC(CO)OC(=O)CCCCC/C=C\C/C=C\C/C=C\CC. The molecule has 0 radical (unpaired) electrons. The lowest BCUT2D eigenvalue weighted by Gasteiger charge is -2.21. The Hall–Kier alpha value is -3.08. The van der Waals surface area contributed by atoms with Crippen molar-refractivity contribution < 1.29 is 52.2 Å². The summed E-state index contributed by atoms with van der Waals surface area (Å²) in [4.78, 5) is 48.6. The van der Waals surface area contributed by atoms with Crippen LogP contribution in [-0.2, 0) is 42.2 Å². The lowest BCUT2D eigenvalue weighted by molar-refractivity contribution is -0.161. The first-order valence-electron chi connectivity index (χ1n) is 29.8. The van der Waals surface area contributed by atoms with E-state index in [2.05, 4.69) is 93.7 Å². The molecule has 0 aromatic heterocycles. The molecule has 428 valence electrons. The highest BCUT2D eigenvalue weighted by molar-refractivity contribution is 7.47. The first-order chi connectivity index (χ1) is 36.2. The molecule has 12 heteroatoms. The minimum atomic E-state index is -4.76. The summed E-state index contributed by atoms with van der Waals surface area (Å²) in [6.45, 7) is 4.39. The van der Waals surface area contributed by atoms with Crippen molar-refractivity contribution in [1.82, 2.24) is 0 Å².